The summed E-state index contributed by atoms with van der Waals surface area (Å²) in [7, 11) is 3.29. The lowest BCUT2D eigenvalue weighted by molar-refractivity contribution is -0.353. The predicted octanol–water partition coefficient (Wildman–Crippen LogP) is 5.24. The molecule has 5 N–H and O–H groups in total. The first kappa shape index (κ1) is 35.0. The van der Waals surface area contributed by atoms with Gasteiger partial charge in [0, 0.05) is 74.8 Å². The lowest BCUT2D eigenvalue weighted by Gasteiger charge is -2.40. The molecule has 1 aliphatic carbocycles. The molecule has 258 valence electrons. The second-order valence-electron chi connectivity index (χ2n) is 13.9. The van der Waals surface area contributed by atoms with Crippen LogP contribution in [0.15, 0.2) is 72.8 Å². The molecule has 0 spiro atoms. The van der Waals surface area contributed by atoms with Crippen LogP contribution in [-0.2, 0) is 32.1 Å². The fourth-order valence-electron chi connectivity index (χ4n) is 6.57. The number of aromatic nitrogens is 1. The third-order valence-electron chi connectivity index (χ3n) is 9.17. The molecule has 2 heterocycles. The van der Waals surface area contributed by atoms with E-state index in [1.807, 2.05) is 32.9 Å². The Labute approximate surface area is 284 Å². The van der Waals surface area contributed by atoms with Gasteiger partial charge in [0.1, 0.15) is 5.60 Å². The van der Waals surface area contributed by atoms with Crippen molar-refractivity contribution in [2.75, 3.05) is 33.9 Å². The number of nitrogens with two attached hydrogens (primary N) is 1. The second-order valence-corrected chi connectivity index (χ2v) is 13.9. The van der Waals surface area contributed by atoms with E-state index in [0.717, 1.165) is 53.4 Å². The Bertz CT molecular complexity index is 1650. The Morgan fingerprint density at radius 2 is 1.83 bits per heavy atom. The third kappa shape index (κ3) is 8.59. The number of benzene rings is 2. The van der Waals surface area contributed by atoms with Crippen LogP contribution in [0.25, 0.3) is 16.6 Å². The van der Waals surface area contributed by atoms with Crippen molar-refractivity contribution < 1.29 is 29.5 Å². The minimum Gasteiger partial charge on any atom is -0.455 e. The molecule has 5 rings (SSSR count). The van der Waals surface area contributed by atoms with Crippen LogP contribution >= 0.6 is 0 Å². The van der Waals surface area contributed by atoms with Crippen LogP contribution in [0.2, 0.25) is 0 Å². The summed E-state index contributed by atoms with van der Waals surface area (Å²) in [4.78, 5) is 31.9. The molecule has 48 heavy (non-hydrogen) atoms. The van der Waals surface area contributed by atoms with E-state index < -0.39 is 11.5 Å². The van der Waals surface area contributed by atoms with Gasteiger partial charge < -0.3 is 34.3 Å². The Balaban J connectivity index is 1.47. The summed E-state index contributed by atoms with van der Waals surface area (Å²) in [5.41, 5.74) is 14.4. The van der Waals surface area contributed by atoms with Gasteiger partial charge in [-0.15, -0.1) is 0 Å². The number of para-hydroxylation sites is 1. The van der Waals surface area contributed by atoms with Gasteiger partial charge in [0.25, 0.3) is 5.88 Å². The Kier molecular flexibility index (Phi) is 11.2. The monoisotopic (exact) mass is 658 g/mol. The van der Waals surface area contributed by atoms with Crippen molar-refractivity contribution in [2.24, 2.45) is 11.7 Å². The SMILES string of the molecule is COCCCn1cc(CN(C(=O)C2CN(C(=O)OC(C)(C)C)CCC2c2cccc(C(N)=CC=C([NH3+])OC)c2)C2CC2)c2ccccc21. The number of nitrogens with zero attached hydrogens (tertiary/aromatic N) is 3. The van der Waals surface area contributed by atoms with Crippen LogP contribution in [0.1, 0.15) is 69.1 Å². The van der Waals surface area contributed by atoms with E-state index in [1.165, 1.54) is 0 Å². The van der Waals surface area contributed by atoms with Crippen molar-refractivity contribution in [1.29, 1.82) is 0 Å². The molecule has 2 atom stereocenters. The highest BCUT2D eigenvalue weighted by atomic mass is 16.6. The van der Waals surface area contributed by atoms with E-state index in [-0.39, 0.29) is 30.5 Å². The van der Waals surface area contributed by atoms with Crippen LogP contribution < -0.4 is 11.5 Å². The summed E-state index contributed by atoms with van der Waals surface area (Å²) in [5.74, 6) is 0.0406. The molecule has 10 heteroatoms. The molecule has 2 amide bonds. The maximum absolute atomic E-state index is 14.9. The van der Waals surface area contributed by atoms with Crippen LogP contribution in [-0.4, -0.2) is 71.9 Å². The van der Waals surface area contributed by atoms with Crippen LogP contribution in [0.3, 0.4) is 0 Å². The lowest BCUT2D eigenvalue weighted by atomic mass is 9.79. The van der Waals surface area contributed by atoms with Crippen LogP contribution in [0.4, 0.5) is 4.79 Å². The van der Waals surface area contributed by atoms with E-state index in [0.29, 0.717) is 37.7 Å². The minimum absolute atomic E-state index is 0.0746. The van der Waals surface area contributed by atoms with Crippen molar-refractivity contribution >= 4 is 28.6 Å². The van der Waals surface area contributed by atoms with Crippen molar-refractivity contribution in [1.82, 2.24) is 14.4 Å². The van der Waals surface area contributed by atoms with Gasteiger partial charge >= 0.3 is 6.09 Å². The summed E-state index contributed by atoms with van der Waals surface area (Å²) in [6.07, 6.45) is 8.81. The van der Waals surface area contributed by atoms with Crippen molar-refractivity contribution in [3.8, 4) is 0 Å². The number of allylic oxidation sites excluding steroid dienone is 2. The van der Waals surface area contributed by atoms with E-state index >= 15 is 0 Å². The first-order chi connectivity index (χ1) is 23.0. The van der Waals surface area contributed by atoms with E-state index in [9.17, 15) is 9.59 Å². The number of hydrogen-bond acceptors (Lipinski definition) is 6. The number of rotatable bonds is 12. The number of quaternary nitrogens is 1. The Morgan fingerprint density at radius 3 is 2.54 bits per heavy atom. The van der Waals surface area contributed by atoms with Gasteiger partial charge in [0.05, 0.1) is 13.0 Å². The van der Waals surface area contributed by atoms with Gasteiger partial charge in [-0.3, -0.25) is 10.5 Å². The molecule has 1 saturated carbocycles. The standard InChI is InChI=1S/C38H51N5O5/c1-38(2,3)48-37(45)42-20-18-30(26-10-8-11-27(22-26)33(39)16-17-35(40)47-5)32(25-42)36(44)43(29-14-15-29)24-28-23-41(19-9-21-46-4)34-13-7-6-12-31(28)34/h6-8,10-13,16-17,22-23,29-30,32H,9,14-15,18-21,24-25,39-40H2,1-5H3/p+1. The quantitative estimate of drug-likeness (QED) is 0.156. The molecular weight excluding hydrogens is 606 g/mol. The fourth-order valence-corrected chi connectivity index (χ4v) is 6.57. The maximum atomic E-state index is 14.9. The number of carbonyl (C=O) groups is 2. The predicted molar refractivity (Wildman–Crippen MR) is 187 cm³/mol. The zero-order chi connectivity index (χ0) is 34.4. The molecule has 0 bridgehead atoms. The molecule has 3 aromatic rings. The summed E-state index contributed by atoms with van der Waals surface area (Å²) in [6, 6.07) is 16.7. The van der Waals surface area contributed by atoms with E-state index in [1.54, 1.807) is 31.3 Å². The third-order valence-corrected chi connectivity index (χ3v) is 9.17. The van der Waals surface area contributed by atoms with Crippen molar-refractivity contribution in [2.45, 2.75) is 77.1 Å². The molecule has 2 aromatic carbocycles. The van der Waals surface area contributed by atoms with E-state index in [2.05, 4.69) is 57.8 Å². The van der Waals surface area contributed by atoms with Crippen molar-refractivity contribution in [3.05, 3.63) is 89.5 Å². The fraction of sp³-hybridized carbons (Fsp3) is 0.474. The van der Waals surface area contributed by atoms with Gasteiger partial charge in [0.2, 0.25) is 5.91 Å². The lowest BCUT2D eigenvalue weighted by Crippen LogP contribution is -2.51. The topological polar surface area (TPSA) is 127 Å². The minimum atomic E-state index is -0.631. The first-order valence-corrected chi connectivity index (χ1v) is 17.0. The molecular formula is C38H52N5O5+. The summed E-state index contributed by atoms with van der Waals surface area (Å²) < 4.78 is 18.5. The first-order valence-electron chi connectivity index (χ1n) is 17.0. The smallest absolute Gasteiger partial charge is 0.410 e. The zero-order valence-corrected chi connectivity index (χ0v) is 29.1. The molecule has 0 radical (unpaired) electrons. The number of carbonyl (C=O) groups excluding carboxylic acids is 2. The molecule has 2 aliphatic rings. The average molecular weight is 659 g/mol. The largest absolute Gasteiger partial charge is 0.455 e. The number of hydrogen-bond donors (Lipinski definition) is 2. The Morgan fingerprint density at radius 1 is 1.06 bits per heavy atom. The van der Waals surface area contributed by atoms with Crippen LogP contribution in [0.5, 0.6) is 0 Å². The number of fused-ring (bicyclic) bond motifs is 1. The van der Waals surface area contributed by atoms with Gasteiger partial charge in [-0.2, -0.15) is 0 Å². The average Bonchev–Trinajstić information content (AvgIpc) is 3.86. The van der Waals surface area contributed by atoms with Crippen LogP contribution in [0, 0.1) is 5.92 Å². The number of piperidine rings is 1. The number of aryl methyl sites for hydroxylation is 1. The van der Waals surface area contributed by atoms with Gasteiger partial charge in [-0.05, 0) is 87.3 Å². The highest BCUT2D eigenvalue weighted by molar-refractivity contribution is 5.86. The van der Waals surface area contributed by atoms with Gasteiger partial charge in [-0.25, -0.2) is 4.79 Å². The normalized spacial score (nSPS) is 19.0. The molecule has 2 unspecified atom stereocenters. The molecule has 2 fully saturated rings. The number of amides is 2. The number of likely N-dealkylation sites (tertiary alicyclic amines) is 1. The van der Waals surface area contributed by atoms with Gasteiger partial charge in [0.15, 0.2) is 0 Å². The highest BCUT2D eigenvalue weighted by Crippen LogP contribution is 2.39. The summed E-state index contributed by atoms with van der Waals surface area (Å²) in [6.45, 7) is 8.43. The molecule has 1 saturated heterocycles. The molecule has 1 aromatic heterocycles. The highest BCUT2D eigenvalue weighted by Gasteiger charge is 2.43. The summed E-state index contributed by atoms with van der Waals surface area (Å²) in [5, 5.41) is 1.16. The van der Waals surface area contributed by atoms with E-state index in [4.69, 9.17) is 19.9 Å². The molecule has 1 aliphatic heterocycles. The number of ether oxygens (including phenoxy) is 3. The number of methoxy groups -OCH3 is 2. The van der Waals surface area contributed by atoms with Crippen molar-refractivity contribution in [3.63, 3.8) is 0 Å². The zero-order valence-electron chi connectivity index (χ0n) is 29.1. The molecule has 10 nitrogen and oxygen atoms in total. The second kappa shape index (κ2) is 15.3. The summed E-state index contributed by atoms with van der Waals surface area (Å²) >= 11 is 0. The van der Waals surface area contributed by atoms with Gasteiger partial charge in [-0.1, -0.05) is 36.4 Å². The Hall–Kier alpha value is -4.28. The maximum Gasteiger partial charge on any atom is 0.410 e.